The van der Waals surface area contributed by atoms with Gasteiger partial charge in [0.2, 0.25) is 5.88 Å². The summed E-state index contributed by atoms with van der Waals surface area (Å²) in [6, 6.07) is 8.72. The number of nitrogens with one attached hydrogen (secondary N) is 2. The van der Waals surface area contributed by atoms with E-state index in [4.69, 9.17) is 16.3 Å². The third kappa shape index (κ3) is 5.92. The standard InChI is InChI=1S/C19H11ClF3N5O5/c20-15-7-8-16(27-26-15)33-14-6-5-10(9-12(14)19(21,22)23)24-18(30)25-17(29)11-3-1-2-4-13(11)28(31)32/h1-9H,(H2,24,25,29,30). The van der Waals surface area contributed by atoms with Crippen LogP contribution in [0.4, 0.5) is 29.3 Å². The monoisotopic (exact) mass is 481 g/mol. The molecule has 0 radical (unpaired) electrons. The number of aromatic nitrogens is 2. The molecule has 0 aliphatic rings. The molecule has 0 spiro atoms. The van der Waals surface area contributed by atoms with Crippen LogP contribution in [0.2, 0.25) is 5.15 Å². The molecule has 0 saturated carbocycles. The van der Waals surface area contributed by atoms with Crippen LogP contribution >= 0.6 is 11.6 Å². The van der Waals surface area contributed by atoms with Gasteiger partial charge >= 0.3 is 12.2 Å². The van der Waals surface area contributed by atoms with Crippen molar-refractivity contribution in [2.45, 2.75) is 6.18 Å². The highest BCUT2D eigenvalue weighted by Crippen LogP contribution is 2.39. The lowest BCUT2D eigenvalue weighted by atomic mass is 10.1. The number of carbonyl (C=O) groups is 2. The van der Waals surface area contributed by atoms with E-state index in [0.717, 1.165) is 24.3 Å². The summed E-state index contributed by atoms with van der Waals surface area (Å²) in [5.74, 6) is -1.99. The van der Waals surface area contributed by atoms with E-state index in [0.29, 0.717) is 6.07 Å². The number of nitro benzene ring substituents is 1. The molecule has 0 aliphatic heterocycles. The molecule has 170 valence electrons. The SMILES string of the molecule is O=C(NC(=O)c1ccccc1[N+](=O)[O-])Nc1ccc(Oc2ccc(Cl)nn2)c(C(F)(F)F)c1. The van der Waals surface area contributed by atoms with E-state index in [1.54, 1.807) is 0 Å². The highest BCUT2D eigenvalue weighted by atomic mass is 35.5. The molecule has 0 bridgehead atoms. The summed E-state index contributed by atoms with van der Waals surface area (Å²) in [6.45, 7) is 0. The van der Waals surface area contributed by atoms with Crippen molar-refractivity contribution in [1.29, 1.82) is 0 Å². The Morgan fingerprint density at radius 2 is 1.79 bits per heavy atom. The van der Waals surface area contributed by atoms with Crippen LogP contribution in [0.1, 0.15) is 15.9 Å². The predicted molar refractivity (Wildman–Crippen MR) is 108 cm³/mol. The fourth-order valence-corrected chi connectivity index (χ4v) is 2.65. The lowest BCUT2D eigenvalue weighted by Crippen LogP contribution is -2.34. The normalized spacial score (nSPS) is 10.9. The van der Waals surface area contributed by atoms with E-state index in [-0.39, 0.29) is 16.7 Å². The number of carbonyl (C=O) groups excluding carboxylic acids is 2. The topological polar surface area (TPSA) is 136 Å². The molecule has 10 nitrogen and oxygen atoms in total. The maximum atomic E-state index is 13.5. The molecular formula is C19H11ClF3N5O5. The zero-order chi connectivity index (χ0) is 24.2. The maximum absolute atomic E-state index is 13.5. The highest BCUT2D eigenvalue weighted by Gasteiger charge is 2.35. The molecule has 3 rings (SSSR count). The van der Waals surface area contributed by atoms with Gasteiger partial charge in [-0.15, -0.1) is 10.2 Å². The first kappa shape index (κ1) is 23.4. The third-order valence-electron chi connectivity index (χ3n) is 3.94. The van der Waals surface area contributed by atoms with Gasteiger partial charge in [0.25, 0.3) is 11.6 Å². The fraction of sp³-hybridized carbons (Fsp3) is 0.0526. The van der Waals surface area contributed by atoms with Gasteiger partial charge in [-0.2, -0.15) is 13.2 Å². The van der Waals surface area contributed by atoms with Gasteiger partial charge in [-0.1, -0.05) is 23.7 Å². The average molecular weight is 482 g/mol. The van der Waals surface area contributed by atoms with Crippen LogP contribution in [0, 0.1) is 10.1 Å². The summed E-state index contributed by atoms with van der Waals surface area (Å²) in [7, 11) is 0. The van der Waals surface area contributed by atoms with Crippen molar-refractivity contribution in [3.63, 3.8) is 0 Å². The minimum atomic E-state index is -4.87. The molecule has 2 aromatic carbocycles. The zero-order valence-corrected chi connectivity index (χ0v) is 16.8. The van der Waals surface area contributed by atoms with Gasteiger partial charge in [-0.3, -0.25) is 20.2 Å². The van der Waals surface area contributed by atoms with Crippen molar-refractivity contribution >= 4 is 34.9 Å². The first-order chi connectivity index (χ1) is 15.5. The Hall–Kier alpha value is -4.26. The van der Waals surface area contributed by atoms with Crippen LogP contribution in [0.3, 0.4) is 0 Å². The van der Waals surface area contributed by atoms with Gasteiger partial charge in [-0.25, -0.2) is 4.79 Å². The number of alkyl halides is 3. The largest absolute Gasteiger partial charge is 0.437 e. The number of anilines is 1. The quantitative estimate of drug-likeness (QED) is 0.394. The molecule has 33 heavy (non-hydrogen) atoms. The Morgan fingerprint density at radius 3 is 2.42 bits per heavy atom. The molecule has 1 heterocycles. The second kappa shape index (κ2) is 9.48. The van der Waals surface area contributed by atoms with Crippen LogP contribution in [0.5, 0.6) is 11.6 Å². The molecule has 0 aliphatic carbocycles. The third-order valence-corrected chi connectivity index (χ3v) is 4.14. The van der Waals surface area contributed by atoms with Crippen LogP contribution in [-0.4, -0.2) is 27.1 Å². The minimum absolute atomic E-state index is 0.0133. The Kier molecular flexibility index (Phi) is 6.72. The van der Waals surface area contributed by atoms with Crippen molar-refractivity contribution in [2.24, 2.45) is 0 Å². The molecule has 0 atom stereocenters. The van der Waals surface area contributed by atoms with Gasteiger partial charge in [-0.05, 0) is 30.3 Å². The smallest absolute Gasteiger partial charge is 0.420 e. The lowest BCUT2D eigenvalue weighted by molar-refractivity contribution is -0.385. The zero-order valence-electron chi connectivity index (χ0n) is 16.1. The van der Waals surface area contributed by atoms with Crippen LogP contribution in [-0.2, 0) is 6.18 Å². The van der Waals surface area contributed by atoms with Gasteiger partial charge in [0, 0.05) is 17.8 Å². The summed E-state index contributed by atoms with van der Waals surface area (Å²) in [6.07, 6.45) is -4.87. The van der Waals surface area contributed by atoms with Gasteiger partial charge in [0.1, 0.15) is 16.9 Å². The molecule has 0 unspecified atom stereocenters. The maximum Gasteiger partial charge on any atom is 0.420 e. The van der Waals surface area contributed by atoms with Crippen LogP contribution < -0.4 is 15.4 Å². The Morgan fingerprint density at radius 1 is 1.06 bits per heavy atom. The summed E-state index contributed by atoms with van der Waals surface area (Å²) >= 11 is 5.57. The van der Waals surface area contributed by atoms with E-state index in [9.17, 15) is 32.9 Å². The van der Waals surface area contributed by atoms with Crippen molar-refractivity contribution in [1.82, 2.24) is 15.5 Å². The summed E-state index contributed by atoms with van der Waals surface area (Å²) < 4.78 is 45.6. The number of halogens is 4. The number of imide groups is 1. The Balaban J connectivity index is 1.78. The van der Waals surface area contributed by atoms with Crippen molar-refractivity contribution in [3.8, 4) is 11.6 Å². The number of benzene rings is 2. The van der Waals surface area contributed by atoms with Gasteiger partial charge < -0.3 is 10.1 Å². The Labute approximate surface area is 187 Å². The van der Waals surface area contributed by atoms with Crippen molar-refractivity contribution < 1.29 is 32.4 Å². The van der Waals surface area contributed by atoms with Gasteiger partial charge in [0.15, 0.2) is 5.15 Å². The second-order valence-electron chi connectivity index (χ2n) is 6.19. The lowest BCUT2D eigenvalue weighted by Gasteiger charge is -2.15. The summed E-state index contributed by atoms with van der Waals surface area (Å²) in [5.41, 5.74) is -2.53. The van der Waals surface area contributed by atoms with Crippen molar-refractivity contribution in [3.05, 3.63) is 81.0 Å². The van der Waals surface area contributed by atoms with Crippen LogP contribution in [0.15, 0.2) is 54.6 Å². The number of amides is 3. The molecule has 3 aromatic rings. The van der Waals surface area contributed by atoms with Crippen LogP contribution in [0.25, 0.3) is 0 Å². The molecule has 0 fully saturated rings. The number of rotatable bonds is 5. The number of para-hydroxylation sites is 1. The van der Waals surface area contributed by atoms with E-state index in [1.807, 2.05) is 5.32 Å². The number of nitrogens with zero attached hydrogens (tertiary/aromatic N) is 3. The molecule has 14 heteroatoms. The number of ether oxygens (including phenoxy) is 1. The van der Waals surface area contributed by atoms with Crippen molar-refractivity contribution in [2.75, 3.05) is 5.32 Å². The van der Waals surface area contributed by atoms with E-state index in [2.05, 4.69) is 15.5 Å². The summed E-state index contributed by atoms with van der Waals surface area (Å²) in [4.78, 5) is 34.5. The van der Waals surface area contributed by atoms with Gasteiger partial charge in [0.05, 0.1) is 4.92 Å². The number of hydrogen-bond acceptors (Lipinski definition) is 7. The van der Waals surface area contributed by atoms with E-state index < -0.39 is 45.6 Å². The molecule has 0 saturated heterocycles. The first-order valence-corrected chi connectivity index (χ1v) is 9.16. The molecular weight excluding hydrogens is 471 g/mol. The molecule has 1 aromatic heterocycles. The first-order valence-electron chi connectivity index (χ1n) is 8.78. The molecule has 2 N–H and O–H groups in total. The second-order valence-corrected chi connectivity index (χ2v) is 6.57. The summed E-state index contributed by atoms with van der Waals surface area (Å²) in [5, 5.41) is 21.9. The minimum Gasteiger partial charge on any atom is -0.437 e. The van der Waals surface area contributed by atoms with E-state index in [1.165, 1.54) is 24.3 Å². The average Bonchev–Trinajstić information content (AvgIpc) is 2.75. The Bertz CT molecular complexity index is 1220. The number of hydrogen-bond donors (Lipinski definition) is 2. The number of nitro groups is 1. The van der Waals surface area contributed by atoms with E-state index >= 15 is 0 Å². The molecule has 3 amide bonds. The predicted octanol–water partition coefficient (Wildman–Crippen LogP) is 4.81. The fourth-order valence-electron chi connectivity index (χ4n) is 2.55. The number of urea groups is 1. The highest BCUT2D eigenvalue weighted by molar-refractivity contribution is 6.29.